The largest absolute Gasteiger partial charge is 0.317 e. The highest BCUT2D eigenvalue weighted by Gasteiger charge is 2.37. The Morgan fingerprint density at radius 1 is 1.00 bits per heavy atom. The number of fused-ring (bicyclic) bond motifs is 1. The second kappa shape index (κ2) is 5.70. The van der Waals surface area contributed by atoms with Crippen LogP contribution in [-0.2, 0) is 0 Å². The maximum Gasteiger partial charge on any atom is 0.0124 e. The molecule has 0 bridgehead atoms. The normalized spacial score (nSPS) is 36.0. The summed E-state index contributed by atoms with van der Waals surface area (Å²) in [6.45, 7) is 5.32. The highest BCUT2D eigenvalue weighted by molar-refractivity contribution is 5.85. The smallest absolute Gasteiger partial charge is 0.0124 e. The van der Waals surface area contributed by atoms with Crippen LogP contribution in [0.1, 0.15) is 38.5 Å². The Bertz CT molecular complexity index is 216. The van der Waals surface area contributed by atoms with Crippen LogP contribution >= 0.6 is 12.4 Å². The van der Waals surface area contributed by atoms with Crippen molar-refractivity contribution in [1.82, 2.24) is 10.2 Å². The molecule has 3 aliphatic rings. The minimum Gasteiger partial charge on any atom is -0.317 e. The fraction of sp³-hybridized carbons (Fsp3) is 1.00. The number of hydrogen-bond acceptors (Lipinski definition) is 2. The average Bonchev–Trinajstić information content (AvgIpc) is 2.85. The Labute approximate surface area is 106 Å². The average molecular weight is 245 g/mol. The highest BCUT2D eigenvalue weighted by Crippen LogP contribution is 2.38. The Morgan fingerprint density at radius 3 is 2.62 bits per heavy atom. The van der Waals surface area contributed by atoms with Gasteiger partial charge >= 0.3 is 0 Å². The minimum atomic E-state index is 0. The van der Waals surface area contributed by atoms with Gasteiger partial charge in [0.2, 0.25) is 0 Å². The standard InChI is InChI=1S/C13H24N2.ClH/c1-2-12-6-9-15(13(12)3-1)10-11-4-7-14-8-5-11;/h11-14H,1-10H2;1H. The SMILES string of the molecule is C1CC2CCN(CC3CCNCC3)C2C1.Cl. The Morgan fingerprint density at radius 2 is 1.81 bits per heavy atom. The molecule has 1 saturated carbocycles. The van der Waals surface area contributed by atoms with Gasteiger partial charge < -0.3 is 5.32 Å². The molecule has 0 radical (unpaired) electrons. The molecule has 1 aliphatic carbocycles. The van der Waals surface area contributed by atoms with E-state index in [0.717, 1.165) is 17.9 Å². The fourth-order valence-corrected chi connectivity index (χ4v) is 3.95. The molecule has 3 fully saturated rings. The molecule has 0 aromatic heterocycles. The number of likely N-dealkylation sites (tertiary alicyclic amines) is 1. The molecular weight excluding hydrogens is 220 g/mol. The summed E-state index contributed by atoms with van der Waals surface area (Å²) in [7, 11) is 0. The molecule has 2 aliphatic heterocycles. The van der Waals surface area contributed by atoms with Crippen molar-refractivity contribution in [3.63, 3.8) is 0 Å². The van der Waals surface area contributed by atoms with Gasteiger partial charge in [-0.1, -0.05) is 6.42 Å². The summed E-state index contributed by atoms with van der Waals surface area (Å²) in [6, 6.07) is 0.986. The number of piperidine rings is 1. The molecule has 2 saturated heterocycles. The molecule has 2 unspecified atom stereocenters. The van der Waals surface area contributed by atoms with Gasteiger partial charge in [0.15, 0.2) is 0 Å². The first-order valence-electron chi connectivity index (χ1n) is 6.88. The van der Waals surface area contributed by atoms with Gasteiger partial charge in [0.25, 0.3) is 0 Å². The van der Waals surface area contributed by atoms with Crippen LogP contribution in [0.3, 0.4) is 0 Å². The van der Waals surface area contributed by atoms with Crippen molar-refractivity contribution in [2.45, 2.75) is 44.6 Å². The van der Waals surface area contributed by atoms with Crippen LogP contribution in [0.5, 0.6) is 0 Å². The van der Waals surface area contributed by atoms with E-state index in [1.54, 1.807) is 0 Å². The number of nitrogens with one attached hydrogen (secondary N) is 1. The van der Waals surface area contributed by atoms with Crippen LogP contribution in [0.15, 0.2) is 0 Å². The number of rotatable bonds is 2. The van der Waals surface area contributed by atoms with Crippen molar-refractivity contribution in [3.8, 4) is 0 Å². The lowest BCUT2D eigenvalue weighted by Crippen LogP contribution is -2.38. The number of halogens is 1. The van der Waals surface area contributed by atoms with Crippen LogP contribution in [0, 0.1) is 11.8 Å². The van der Waals surface area contributed by atoms with E-state index in [-0.39, 0.29) is 12.4 Å². The van der Waals surface area contributed by atoms with E-state index in [1.165, 1.54) is 64.7 Å². The highest BCUT2D eigenvalue weighted by atomic mass is 35.5. The summed E-state index contributed by atoms with van der Waals surface area (Å²) < 4.78 is 0. The van der Waals surface area contributed by atoms with Gasteiger partial charge in [0.05, 0.1) is 0 Å². The van der Waals surface area contributed by atoms with E-state index in [0.29, 0.717) is 0 Å². The van der Waals surface area contributed by atoms with Crippen molar-refractivity contribution in [1.29, 1.82) is 0 Å². The van der Waals surface area contributed by atoms with E-state index in [2.05, 4.69) is 10.2 Å². The molecule has 0 spiro atoms. The Kier molecular flexibility index (Phi) is 4.51. The summed E-state index contributed by atoms with van der Waals surface area (Å²) >= 11 is 0. The summed E-state index contributed by atoms with van der Waals surface area (Å²) in [6.07, 6.45) is 8.83. The van der Waals surface area contributed by atoms with Crippen LogP contribution in [0.2, 0.25) is 0 Å². The van der Waals surface area contributed by atoms with Crippen molar-refractivity contribution in [2.24, 2.45) is 11.8 Å². The molecule has 0 amide bonds. The first kappa shape index (κ1) is 12.7. The van der Waals surface area contributed by atoms with Crippen LogP contribution in [0.25, 0.3) is 0 Å². The van der Waals surface area contributed by atoms with E-state index in [9.17, 15) is 0 Å². The van der Waals surface area contributed by atoms with E-state index in [4.69, 9.17) is 0 Å². The van der Waals surface area contributed by atoms with Crippen LogP contribution in [-0.4, -0.2) is 37.1 Å². The Hall–Kier alpha value is 0.210. The third kappa shape index (κ3) is 2.55. The zero-order chi connectivity index (χ0) is 10.1. The second-order valence-corrected chi connectivity index (χ2v) is 5.74. The third-order valence-corrected chi connectivity index (χ3v) is 4.83. The minimum absolute atomic E-state index is 0. The predicted octanol–water partition coefficient (Wildman–Crippen LogP) is 2.28. The van der Waals surface area contributed by atoms with Crippen molar-refractivity contribution in [2.75, 3.05) is 26.2 Å². The summed E-state index contributed by atoms with van der Waals surface area (Å²) in [5, 5.41) is 3.47. The van der Waals surface area contributed by atoms with E-state index >= 15 is 0 Å². The maximum atomic E-state index is 3.47. The topological polar surface area (TPSA) is 15.3 Å². The van der Waals surface area contributed by atoms with Gasteiger partial charge in [-0.15, -0.1) is 12.4 Å². The first-order valence-corrected chi connectivity index (χ1v) is 6.88. The maximum absolute atomic E-state index is 3.47. The quantitative estimate of drug-likeness (QED) is 0.802. The molecule has 16 heavy (non-hydrogen) atoms. The molecule has 2 nitrogen and oxygen atoms in total. The van der Waals surface area contributed by atoms with Crippen molar-refractivity contribution >= 4 is 12.4 Å². The summed E-state index contributed by atoms with van der Waals surface area (Å²) in [4.78, 5) is 2.83. The molecule has 3 heteroatoms. The van der Waals surface area contributed by atoms with E-state index < -0.39 is 0 Å². The monoisotopic (exact) mass is 244 g/mol. The second-order valence-electron chi connectivity index (χ2n) is 5.74. The van der Waals surface area contributed by atoms with Crippen LogP contribution in [0.4, 0.5) is 0 Å². The zero-order valence-corrected chi connectivity index (χ0v) is 11.0. The molecule has 3 rings (SSSR count). The number of nitrogens with zero attached hydrogens (tertiary/aromatic N) is 1. The van der Waals surface area contributed by atoms with Crippen LogP contribution < -0.4 is 5.32 Å². The molecule has 0 aromatic carbocycles. The number of hydrogen-bond donors (Lipinski definition) is 1. The van der Waals surface area contributed by atoms with Gasteiger partial charge in [-0.3, -0.25) is 4.90 Å². The lowest BCUT2D eigenvalue weighted by Gasteiger charge is -2.30. The lowest BCUT2D eigenvalue weighted by molar-refractivity contribution is 0.184. The first-order chi connectivity index (χ1) is 7.43. The Balaban J connectivity index is 0.000000963. The lowest BCUT2D eigenvalue weighted by atomic mass is 9.97. The third-order valence-electron chi connectivity index (χ3n) is 4.83. The zero-order valence-electron chi connectivity index (χ0n) is 10.2. The van der Waals surface area contributed by atoms with Gasteiger partial charge in [-0.2, -0.15) is 0 Å². The van der Waals surface area contributed by atoms with Gasteiger partial charge in [-0.25, -0.2) is 0 Å². The fourth-order valence-electron chi connectivity index (χ4n) is 3.95. The van der Waals surface area contributed by atoms with Gasteiger partial charge in [0, 0.05) is 12.6 Å². The molecular formula is C13H25ClN2. The summed E-state index contributed by atoms with van der Waals surface area (Å²) in [5.74, 6) is 2.07. The molecule has 1 N–H and O–H groups in total. The van der Waals surface area contributed by atoms with Crippen molar-refractivity contribution < 1.29 is 0 Å². The van der Waals surface area contributed by atoms with E-state index in [1.807, 2.05) is 0 Å². The summed E-state index contributed by atoms with van der Waals surface area (Å²) in [5.41, 5.74) is 0. The van der Waals surface area contributed by atoms with Gasteiger partial charge in [0.1, 0.15) is 0 Å². The molecule has 0 aromatic rings. The molecule has 2 atom stereocenters. The molecule has 2 heterocycles. The van der Waals surface area contributed by atoms with Gasteiger partial charge in [-0.05, 0) is 63.6 Å². The predicted molar refractivity (Wildman–Crippen MR) is 70.2 cm³/mol. The van der Waals surface area contributed by atoms with Crippen molar-refractivity contribution in [3.05, 3.63) is 0 Å². The molecule has 94 valence electrons.